The van der Waals surface area contributed by atoms with Crippen molar-refractivity contribution < 1.29 is 26.4 Å². The number of halogens is 4. The number of nitrogens with zero attached hydrogens (tertiary/aromatic N) is 1. The zero-order chi connectivity index (χ0) is 25.3. The molecule has 2 aromatic carbocycles. The van der Waals surface area contributed by atoms with E-state index in [1.165, 1.54) is 37.3 Å². The normalized spacial score (nSPS) is 18.1. The maximum Gasteiger partial charge on any atom is 0.416 e. The molecule has 0 saturated carbocycles. The lowest BCUT2D eigenvalue weighted by atomic mass is 10.00. The molecule has 1 heterocycles. The SMILES string of the molecule is CCS(=O)(=O)c1ccc(Cl)cc1CNC(=O)c1ccc(C(N)N2CCC(C)C2)c(C(F)(F)F)c1. The van der Waals surface area contributed by atoms with Gasteiger partial charge in [0.2, 0.25) is 0 Å². The summed E-state index contributed by atoms with van der Waals surface area (Å²) in [5.74, 6) is -0.583. The quantitative estimate of drug-likeness (QED) is 0.568. The third kappa shape index (κ3) is 5.91. The van der Waals surface area contributed by atoms with Crippen LogP contribution in [0.3, 0.4) is 0 Å². The average Bonchev–Trinajstić information content (AvgIpc) is 3.22. The Morgan fingerprint density at radius 2 is 1.97 bits per heavy atom. The first kappa shape index (κ1) is 26.5. The van der Waals surface area contributed by atoms with Gasteiger partial charge in [-0.1, -0.05) is 31.5 Å². The van der Waals surface area contributed by atoms with Gasteiger partial charge < -0.3 is 11.1 Å². The van der Waals surface area contributed by atoms with Crippen LogP contribution in [0.1, 0.15) is 53.5 Å². The van der Waals surface area contributed by atoms with Crippen molar-refractivity contribution in [2.24, 2.45) is 11.7 Å². The van der Waals surface area contributed by atoms with Crippen LogP contribution in [0, 0.1) is 5.92 Å². The number of rotatable bonds is 7. The van der Waals surface area contributed by atoms with E-state index in [1.807, 2.05) is 6.92 Å². The lowest BCUT2D eigenvalue weighted by Crippen LogP contribution is -2.34. The van der Waals surface area contributed by atoms with Crippen LogP contribution in [0.4, 0.5) is 13.2 Å². The molecule has 1 aliphatic rings. The summed E-state index contributed by atoms with van der Waals surface area (Å²) in [5.41, 5.74) is 5.14. The molecular formula is C23H27ClF3N3O3S. The maximum atomic E-state index is 13.8. The van der Waals surface area contributed by atoms with Gasteiger partial charge in [0.15, 0.2) is 9.84 Å². The van der Waals surface area contributed by atoms with Crippen LogP contribution >= 0.6 is 11.6 Å². The molecule has 0 aromatic heterocycles. The van der Waals surface area contributed by atoms with Crippen LogP contribution < -0.4 is 11.1 Å². The van der Waals surface area contributed by atoms with E-state index in [0.717, 1.165) is 12.5 Å². The van der Waals surface area contributed by atoms with Gasteiger partial charge in [0.25, 0.3) is 5.91 Å². The van der Waals surface area contributed by atoms with Crippen molar-refractivity contribution in [3.63, 3.8) is 0 Å². The minimum Gasteiger partial charge on any atom is -0.348 e. The highest BCUT2D eigenvalue weighted by molar-refractivity contribution is 7.91. The van der Waals surface area contributed by atoms with Crippen LogP contribution in [0.5, 0.6) is 0 Å². The molecule has 1 saturated heterocycles. The van der Waals surface area contributed by atoms with Gasteiger partial charge in [0, 0.05) is 30.2 Å². The second-order valence-electron chi connectivity index (χ2n) is 8.47. The summed E-state index contributed by atoms with van der Waals surface area (Å²) in [6.07, 6.45) is -4.79. The third-order valence-corrected chi connectivity index (χ3v) is 8.03. The molecule has 3 N–H and O–H groups in total. The number of amides is 1. The molecule has 1 aliphatic heterocycles. The van der Waals surface area contributed by atoms with Gasteiger partial charge in [-0.25, -0.2) is 8.42 Å². The van der Waals surface area contributed by atoms with E-state index in [4.69, 9.17) is 17.3 Å². The van der Waals surface area contributed by atoms with Crippen molar-refractivity contribution in [1.82, 2.24) is 10.2 Å². The number of sulfone groups is 1. The fraction of sp³-hybridized carbons (Fsp3) is 0.435. The highest BCUT2D eigenvalue weighted by atomic mass is 35.5. The molecule has 34 heavy (non-hydrogen) atoms. The maximum absolute atomic E-state index is 13.8. The molecular weight excluding hydrogens is 491 g/mol. The molecule has 3 rings (SSSR count). The van der Waals surface area contributed by atoms with Crippen LogP contribution in [0.15, 0.2) is 41.3 Å². The first-order chi connectivity index (χ1) is 15.8. The fourth-order valence-corrected chi connectivity index (χ4v) is 5.35. The van der Waals surface area contributed by atoms with E-state index in [1.54, 1.807) is 4.90 Å². The summed E-state index contributed by atoms with van der Waals surface area (Å²) in [4.78, 5) is 14.5. The van der Waals surface area contributed by atoms with Crippen molar-refractivity contribution in [2.75, 3.05) is 18.8 Å². The van der Waals surface area contributed by atoms with Gasteiger partial charge in [-0.05, 0) is 53.8 Å². The van der Waals surface area contributed by atoms with Crippen LogP contribution in [-0.2, 0) is 22.6 Å². The zero-order valence-corrected chi connectivity index (χ0v) is 20.4. The van der Waals surface area contributed by atoms with Gasteiger partial charge in [-0.15, -0.1) is 0 Å². The fourth-order valence-electron chi connectivity index (χ4n) is 4.04. The molecule has 0 radical (unpaired) electrons. The smallest absolute Gasteiger partial charge is 0.348 e. The molecule has 0 aliphatic carbocycles. The number of carbonyl (C=O) groups excluding carboxylic acids is 1. The number of nitrogens with two attached hydrogens (primary N) is 1. The van der Waals surface area contributed by atoms with Crippen molar-refractivity contribution in [3.05, 3.63) is 63.7 Å². The lowest BCUT2D eigenvalue weighted by molar-refractivity contribution is -0.138. The molecule has 6 nitrogen and oxygen atoms in total. The first-order valence-corrected chi connectivity index (χ1v) is 12.9. The largest absolute Gasteiger partial charge is 0.416 e. The predicted molar refractivity (Wildman–Crippen MR) is 124 cm³/mol. The summed E-state index contributed by atoms with van der Waals surface area (Å²) in [7, 11) is -3.59. The van der Waals surface area contributed by atoms with E-state index >= 15 is 0 Å². The van der Waals surface area contributed by atoms with Gasteiger partial charge in [0.1, 0.15) is 0 Å². The number of nitrogens with one attached hydrogen (secondary N) is 1. The second-order valence-corrected chi connectivity index (χ2v) is 11.2. The number of hydrogen-bond acceptors (Lipinski definition) is 5. The third-order valence-electron chi connectivity index (χ3n) is 5.97. The van der Waals surface area contributed by atoms with E-state index in [2.05, 4.69) is 5.32 Å². The molecule has 186 valence electrons. The molecule has 11 heteroatoms. The molecule has 0 spiro atoms. The highest BCUT2D eigenvalue weighted by Crippen LogP contribution is 2.37. The van der Waals surface area contributed by atoms with Crippen LogP contribution in [0.2, 0.25) is 5.02 Å². The number of hydrogen-bond donors (Lipinski definition) is 2. The Bertz CT molecular complexity index is 1170. The van der Waals surface area contributed by atoms with Gasteiger partial charge in [-0.3, -0.25) is 9.69 Å². The average molecular weight is 518 g/mol. The number of benzene rings is 2. The predicted octanol–water partition coefficient (Wildman–Crippen LogP) is 4.38. The Kier molecular flexibility index (Phi) is 7.96. The van der Waals surface area contributed by atoms with Gasteiger partial charge in [-0.2, -0.15) is 13.2 Å². The molecule has 2 atom stereocenters. The minimum atomic E-state index is -4.70. The Balaban J connectivity index is 1.86. The van der Waals surface area contributed by atoms with Crippen molar-refractivity contribution in [3.8, 4) is 0 Å². The molecule has 1 amide bonds. The second kappa shape index (κ2) is 10.2. The number of alkyl halides is 3. The van der Waals surface area contributed by atoms with Crippen molar-refractivity contribution in [2.45, 2.75) is 44.1 Å². The Hall–Kier alpha value is -2.14. The number of likely N-dealkylation sites (tertiary alicyclic amines) is 1. The molecule has 2 unspecified atom stereocenters. The van der Waals surface area contributed by atoms with Crippen LogP contribution in [0.25, 0.3) is 0 Å². The zero-order valence-electron chi connectivity index (χ0n) is 18.8. The van der Waals surface area contributed by atoms with Gasteiger partial charge in [0.05, 0.1) is 22.4 Å². The monoisotopic (exact) mass is 517 g/mol. The lowest BCUT2D eigenvalue weighted by Gasteiger charge is -2.27. The van der Waals surface area contributed by atoms with E-state index < -0.39 is 33.6 Å². The summed E-state index contributed by atoms with van der Waals surface area (Å²) in [6.45, 7) is 4.48. The van der Waals surface area contributed by atoms with Crippen molar-refractivity contribution in [1.29, 1.82) is 0 Å². The number of carbonyl (C=O) groups is 1. The summed E-state index contributed by atoms with van der Waals surface area (Å²) >= 11 is 5.97. The minimum absolute atomic E-state index is 0.0110. The summed E-state index contributed by atoms with van der Waals surface area (Å²) in [5, 5.41) is 2.77. The van der Waals surface area contributed by atoms with Crippen molar-refractivity contribution >= 4 is 27.3 Å². The summed E-state index contributed by atoms with van der Waals surface area (Å²) < 4.78 is 66.2. The Morgan fingerprint density at radius 3 is 2.56 bits per heavy atom. The molecule has 1 fully saturated rings. The van der Waals surface area contributed by atoms with Gasteiger partial charge >= 0.3 is 6.18 Å². The Labute approximate surface area is 202 Å². The van der Waals surface area contributed by atoms with E-state index in [-0.39, 0.29) is 38.9 Å². The molecule has 2 aromatic rings. The standard InChI is InChI=1S/C23H27ClF3N3O3S/c1-3-34(32,33)20-7-5-17(24)10-16(20)12-29-22(31)15-4-6-18(19(11-15)23(25,26)27)21(28)30-9-8-14(2)13-30/h4-7,10-11,14,21H,3,8-9,12-13,28H2,1-2H3,(H,29,31). The topological polar surface area (TPSA) is 92.5 Å². The Morgan fingerprint density at radius 1 is 1.26 bits per heavy atom. The highest BCUT2D eigenvalue weighted by Gasteiger charge is 2.37. The first-order valence-electron chi connectivity index (χ1n) is 10.8. The van der Waals surface area contributed by atoms with Crippen LogP contribution in [-0.4, -0.2) is 38.1 Å². The molecule has 0 bridgehead atoms. The van der Waals surface area contributed by atoms with E-state index in [0.29, 0.717) is 19.0 Å². The summed E-state index contributed by atoms with van der Waals surface area (Å²) in [6, 6.07) is 7.49. The van der Waals surface area contributed by atoms with E-state index in [9.17, 15) is 26.4 Å².